The maximum absolute atomic E-state index is 12.8. The van der Waals surface area contributed by atoms with E-state index in [4.69, 9.17) is 0 Å². The minimum Gasteiger partial charge on any atom is -0.386 e. The van der Waals surface area contributed by atoms with Gasteiger partial charge in [0.25, 0.3) is 0 Å². The van der Waals surface area contributed by atoms with Gasteiger partial charge in [-0.05, 0) is 22.9 Å². The Hall–Kier alpha value is -2.60. The van der Waals surface area contributed by atoms with Crippen molar-refractivity contribution in [3.05, 3.63) is 66.0 Å². The van der Waals surface area contributed by atoms with E-state index in [1.165, 1.54) is 29.1 Å². The molecule has 3 rings (SSSR count). The smallest absolute Gasteiger partial charge is 0.204 e. The van der Waals surface area contributed by atoms with Crippen molar-refractivity contribution in [2.75, 3.05) is 0 Å². The molecule has 1 N–H and O–H groups in total. The van der Waals surface area contributed by atoms with E-state index in [1.807, 2.05) is 30.3 Å². The normalized spacial score (nSPS) is 12.3. The fourth-order valence-electron chi connectivity index (χ4n) is 1.97. The highest BCUT2D eigenvalue weighted by Crippen LogP contribution is 2.16. The van der Waals surface area contributed by atoms with Crippen LogP contribution in [0.2, 0.25) is 0 Å². The van der Waals surface area contributed by atoms with Gasteiger partial charge in [0.2, 0.25) is 5.82 Å². The monoisotopic (exact) mass is 284 g/mol. The first-order chi connectivity index (χ1) is 10.2. The molecule has 1 aromatic heterocycles. The van der Waals surface area contributed by atoms with Gasteiger partial charge >= 0.3 is 0 Å². The Morgan fingerprint density at radius 2 is 1.76 bits per heavy atom. The van der Waals surface area contributed by atoms with Crippen molar-refractivity contribution in [3.8, 4) is 11.4 Å². The molecule has 1 unspecified atom stereocenters. The second kappa shape index (κ2) is 5.80. The number of aromatic nitrogens is 4. The molecular formula is C15H13FN4O. The van der Waals surface area contributed by atoms with E-state index in [9.17, 15) is 9.50 Å². The van der Waals surface area contributed by atoms with Crippen molar-refractivity contribution in [1.82, 2.24) is 20.2 Å². The summed E-state index contributed by atoms with van der Waals surface area (Å²) in [6.45, 7) is 0.158. The Balaban J connectivity index is 1.74. The average Bonchev–Trinajstić information content (AvgIpc) is 2.97. The van der Waals surface area contributed by atoms with Crippen molar-refractivity contribution in [3.63, 3.8) is 0 Å². The highest BCUT2D eigenvalue weighted by Gasteiger charge is 2.12. The Kier molecular flexibility index (Phi) is 3.70. The van der Waals surface area contributed by atoms with Crippen molar-refractivity contribution in [1.29, 1.82) is 0 Å². The summed E-state index contributed by atoms with van der Waals surface area (Å²) in [4.78, 5) is 1.33. The van der Waals surface area contributed by atoms with Crippen molar-refractivity contribution in [2.45, 2.75) is 12.6 Å². The van der Waals surface area contributed by atoms with E-state index in [1.54, 1.807) is 0 Å². The van der Waals surface area contributed by atoms with Crippen molar-refractivity contribution >= 4 is 0 Å². The van der Waals surface area contributed by atoms with Crippen LogP contribution in [0.1, 0.15) is 11.7 Å². The van der Waals surface area contributed by atoms with Gasteiger partial charge < -0.3 is 5.11 Å². The van der Waals surface area contributed by atoms with Gasteiger partial charge in [-0.3, -0.25) is 0 Å². The molecule has 1 atom stereocenters. The zero-order valence-electron chi connectivity index (χ0n) is 11.1. The van der Waals surface area contributed by atoms with Gasteiger partial charge in [-0.1, -0.05) is 42.5 Å². The van der Waals surface area contributed by atoms with Crippen LogP contribution in [0.15, 0.2) is 54.6 Å². The predicted molar refractivity (Wildman–Crippen MR) is 74.6 cm³/mol. The van der Waals surface area contributed by atoms with Crippen LogP contribution in [0.25, 0.3) is 11.4 Å². The van der Waals surface area contributed by atoms with Gasteiger partial charge in [0, 0.05) is 5.56 Å². The summed E-state index contributed by atoms with van der Waals surface area (Å²) >= 11 is 0. The van der Waals surface area contributed by atoms with Gasteiger partial charge in [-0.25, -0.2) is 4.39 Å². The molecule has 3 aromatic rings. The zero-order valence-corrected chi connectivity index (χ0v) is 11.1. The van der Waals surface area contributed by atoms with E-state index < -0.39 is 6.10 Å². The third-order valence-electron chi connectivity index (χ3n) is 3.08. The lowest BCUT2D eigenvalue weighted by Crippen LogP contribution is -2.11. The molecule has 0 aliphatic heterocycles. The van der Waals surface area contributed by atoms with E-state index in [2.05, 4.69) is 15.4 Å². The molecule has 0 aliphatic rings. The van der Waals surface area contributed by atoms with Crippen LogP contribution >= 0.6 is 0 Å². The number of benzene rings is 2. The Morgan fingerprint density at radius 3 is 2.48 bits per heavy atom. The van der Waals surface area contributed by atoms with Gasteiger partial charge in [-0.2, -0.15) is 4.80 Å². The van der Waals surface area contributed by atoms with Crippen molar-refractivity contribution < 1.29 is 9.50 Å². The fourth-order valence-corrected chi connectivity index (χ4v) is 1.97. The molecule has 0 saturated carbocycles. The second-order valence-corrected chi connectivity index (χ2v) is 4.60. The Bertz CT molecular complexity index is 712. The highest BCUT2D eigenvalue weighted by atomic mass is 19.1. The number of hydrogen-bond donors (Lipinski definition) is 1. The molecule has 0 bridgehead atoms. The lowest BCUT2D eigenvalue weighted by atomic mass is 10.1. The van der Waals surface area contributed by atoms with Gasteiger partial charge in [0.1, 0.15) is 11.9 Å². The van der Waals surface area contributed by atoms with Crippen LogP contribution in [-0.2, 0) is 6.54 Å². The fraction of sp³-hybridized carbons (Fsp3) is 0.133. The average molecular weight is 284 g/mol. The maximum Gasteiger partial charge on any atom is 0.204 e. The molecule has 0 amide bonds. The summed E-state index contributed by atoms with van der Waals surface area (Å²) in [5.74, 6) is 0.165. The van der Waals surface area contributed by atoms with E-state index in [-0.39, 0.29) is 12.4 Å². The van der Waals surface area contributed by atoms with Gasteiger partial charge in [0.15, 0.2) is 0 Å². The predicted octanol–water partition coefficient (Wildman–Crippen LogP) is 2.21. The molecule has 21 heavy (non-hydrogen) atoms. The van der Waals surface area contributed by atoms with Gasteiger partial charge in [-0.15, -0.1) is 10.2 Å². The first-order valence-electron chi connectivity index (χ1n) is 6.49. The Labute approximate surface area is 120 Å². The largest absolute Gasteiger partial charge is 0.386 e. The Morgan fingerprint density at radius 1 is 1.05 bits per heavy atom. The number of aliphatic hydroxyl groups excluding tert-OH is 1. The molecular weight excluding hydrogens is 271 g/mol. The van der Waals surface area contributed by atoms with Crippen LogP contribution in [-0.4, -0.2) is 25.3 Å². The third-order valence-corrected chi connectivity index (χ3v) is 3.08. The lowest BCUT2D eigenvalue weighted by molar-refractivity contribution is 0.144. The van der Waals surface area contributed by atoms with E-state index >= 15 is 0 Å². The number of rotatable bonds is 4. The number of hydrogen-bond acceptors (Lipinski definition) is 4. The third kappa shape index (κ3) is 3.11. The molecule has 0 radical (unpaired) electrons. The molecule has 0 saturated heterocycles. The summed E-state index contributed by atoms with van der Waals surface area (Å²) < 4.78 is 12.8. The number of nitrogens with zero attached hydrogens (tertiary/aromatic N) is 4. The second-order valence-electron chi connectivity index (χ2n) is 4.60. The molecule has 1 heterocycles. The minimum atomic E-state index is -0.816. The molecule has 0 spiro atoms. The summed E-state index contributed by atoms with van der Waals surface area (Å²) in [7, 11) is 0. The maximum atomic E-state index is 12.8. The summed E-state index contributed by atoms with van der Waals surface area (Å²) in [5.41, 5.74) is 1.47. The zero-order chi connectivity index (χ0) is 14.7. The highest BCUT2D eigenvalue weighted by molar-refractivity contribution is 5.52. The minimum absolute atomic E-state index is 0.158. The molecule has 5 nitrogen and oxygen atoms in total. The summed E-state index contributed by atoms with van der Waals surface area (Å²) in [6, 6.07) is 15.2. The van der Waals surface area contributed by atoms with Crippen LogP contribution < -0.4 is 0 Å². The van der Waals surface area contributed by atoms with Crippen LogP contribution in [0.4, 0.5) is 4.39 Å². The SMILES string of the molecule is OC(Cn1nnc(-c2ccccc2)n1)c1ccc(F)cc1. The summed E-state index contributed by atoms with van der Waals surface area (Å²) in [6.07, 6.45) is -0.816. The molecule has 6 heteroatoms. The standard InChI is InChI=1S/C15H13FN4O/c16-13-8-6-11(7-9-13)14(21)10-20-18-15(17-19-20)12-4-2-1-3-5-12/h1-9,14,21H,10H2. The van der Waals surface area contributed by atoms with Crippen molar-refractivity contribution in [2.24, 2.45) is 0 Å². The first kappa shape index (κ1) is 13.4. The van der Waals surface area contributed by atoms with Crippen LogP contribution in [0.5, 0.6) is 0 Å². The summed E-state index contributed by atoms with van der Waals surface area (Å²) in [5, 5.41) is 22.2. The van der Waals surface area contributed by atoms with Gasteiger partial charge in [0.05, 0.1) is 6.54 Å². The number of tetrazole rings is 1. The van der Waals surface area contributed by atoms with E-state index in [0.717, 1.165) is 5.56 Å². The topological polar surface area (TPSA) is 63.8 Å². The molecule has 2 aromatic carbocycles. The van der Waals surface area contributed by atoms with E-state index in [0.29, 0.717) is 11.4 Å². The first-order valence-corrected chi connectivity index (χ1v) is 6.49. The molecule has 0 aliphatic carbocycles. The number of aliphatic hydroxyl groups is 1. The molecule has 106 valence electrons. The quantitative estimate of drug-likeness (QED) is 0.798. The van der Waals surface area contributed by atoms with Crippen LogP contribution in [0.3, 0.4) is 0 Å². The molecule has 0 fully saturated rings. The van der Waals surface area contributed by atoms with Crippen LogP contribution in [0, 0.1) is 5.82 Å². The lowest BCUT2D eigenvalue weighted by Gasteiger charge is -2.09. The number of halogens is 1.